The van der Waals surface area contributed by atoms with Crippen LogP contribution in [0.4, 0.5) is 11.8 Å². The van der Waals surface area contributed by atoms with Crippen molar-refractivity contribution in [2.75, 3.05) is 30.4 Å². The zero-order valence-electron chi connectivity index (χ0n) is 13.1. The molecule has 4 rings (SSSR count). The number of ether oxygens (including phenoxy) is 1. The van der Waals surface area contributed by atoms with Gasteiger partial charge in [-0.1, -0.05) is 0 Å². The Bertz CT molecular complexity index is 733. The molecule has 23 heavy (non-hydrogen) atoms. The first-order valence-corrected chi connectivity index (χ1v) is 7.91. The van der Waals surface area contributed by atoms with Gasteiger partial charge in [0.25, 0.3) is 0 Å². The van der Waals surface area contributed by atoms with Crippen LogP contribution in [0.5, 0.6) is 0 Å². The average molecular weight is 312 g/mol. The summed E-state index contributed by atoms with van der Waals surface area (Å²) in [5.41, 5.74) is 8.92. The van der Waals surface area contributed by atoms with Gasteiger partial charge in [-0.05, 0) is 25.8 Å². The Hall–Kier alpha value is -2.41. The van der Waals surface area contributed by atoms with Crippen LogP contribution in [0.25, 0.3) is 11.6 Å². The molecular formula is C16H20N6O. The minimum Gasteiger partial charge on any atom is -0.379 e. The third-order valence-electron chi connectivity index (χ3n) is 4.44. The Morgan fingerprint density at radius 2 is 2.30 bits per heavy atom. The van der Waals surface area contributed by atoms with Crippen LogP contribution >= 0.6 is 0 Å². The van der Waals surface area contributed by atoms with Crippen molar-refractivity contribution < 1.29 is 4.74 Å². The third kappa shape index (κ3) is 2.57. The molecule has 7 nitrogen and oxygen atoms in total. The maximum atomic E-state index is 5.88. The molecule has 1 saturated heterocycles. The average Bonchev–Trinajstić information content (AvgIpc) is 3.09. The number of anilines is 2. The lowest BCUT2D eigenvalue weighted by Gasteiger charge is -2.38. The fourth-order valence-corrected chi connectivity index (χ4v) is 3.31. The van der Waals surface area contributed by atoms with Gasteiger partial charge < -0.3 is 20.4 Å². The van der Waals surface area contributed by atoms with Crippen molar-refractivity contribution in [1.29, 1.82) is 0 Å². The lowest BCUT2D eigenvalue weighted by atomic mass is 10.00. The predicted octanol–water partition coefficient (Wildman–Crippen LogP) is 1.63. The van der Waals surface area contributed by atoms with E-state index < -0.39 is 0 Å². The van der Waals surface area contributed by atoms with Gasteiger partial charge in [0, 0.05) is 36.7 Å². The highest BCUT2D eigenvalue weighted by molar-refractivity contribution is 5.89. The molecule has 4 heterocycles. The minimum atomic E-state index is 0.301. The Labute approximate surface area is 134 Å². The monoisotopic (exact) mass is 312 g/mol. The first kappa shape index (κ1) is 14.2. The Morgan fingerprint density at radius 3 is 3.04 bits per heavy atom. The van der Waals surface area contributed by atoms with Crippen LogP contribution in [-0.4, -0.2) is 45.7 Å². The molecule has 0 radical (unpaired) electrons. The standard InChI is InChI=1S/C16H20N6O/c1-10-13-7-11(14-18-4-5-19-14)8-22(12-3-2-6-23-9-12)15(13)21-16(17)20-10/h4-5,7,12H,2-3,6,8-9H2,1H3,(H,18,19)(H2,17,20,21)/t12-/m0/s1. The molecule has 3 N–H and O–H groups in total. The molecule has 0 aromatic carbocycles. The normalized spacial score (nSPS) is 21.0. The van der Waals surface area contributed by atoms with Crippen LogP contribution in [0.3, 0.4) is 0 Å². The summed E-state index contributed by atoms with van der Waals surface area (Å²) in [6.07, 6.45) is 7.88. The number of rotatable bonds is 2. The summed E-state index contributed by atoms with van der Waals surface area (Å²) in [6, 6.07) is 0.301. The van der Waals surface area contributed by atoms with Gasteiger partial charge in [0.05, 0.1) is 18.3 Å². The number of H-pyrrole nitrogens is 1. The van der Waals surface area contributed by atoms with Crippen LogP contribution in [0.15, 0.2) is 12.4 Å². The van der Waals surface area contributed by atoms with Crippen molar-refractivity contribution in [2.45, 2.75) is 25.8 Å². The van der Waals surface area contributed by atoms with Crippen molar-refractivity contribution in [3.8, 4) is 0 Å². The Balaban J connectivity index is 1.80. The van der Waals surface area contributed by atoms with Gasteiger partial charge in [-0.3, -0.25) is 0 Å². The molecule has 2 aromatic heterocycles. The fraction of sp³-hybridized carbons (Fsp3) is 0.438. The summed E-state index contributed by atoms with van der Waals surface area (Å²) in [6.45, 7) is 4.26. The first-order chi connectivity index (χ1) is 11.2. The lowest BCUT2D eigenvalue weighted by molar-refractivity contribution is 0.0797. The molecule has 1 fully saturated rings. The number of aromatic nitrogens is 4. The molecule has 1 atom stereocenters. The number of aromatic amines is 1. The molecule has 7 heteroatoms. The zero-order chi connectivity index (χ0) is 15.8. The van der Waals surface area contributed by atoms with Gasteiger partial charge in [0.2, 0.25) is 5.95 Å². The summed E-state index contributed by atoms with van der Waals surface area (Å²) in [7, 11) is 0. The highest BCUT2D eigenvalue weighted by Gasteiger charge is 2.30. The van der Waals surface area contributed by atoms with E-state index in [0.717, 1.165) is 54.5 Å². The first-order valence-electron chi connectivity index (χ1n) is 7.91. The van der Waals surface area contributed by atoms with Crippen molar-refractivity contribution in [1.82, 2.24) is 19.9 Å². The van der Waals surface area contributed by atoms with E-state index >= 15 is 0 Å². The quantitative estimate of drug-likeness (QED) is 0.875. The van der Waals surface area contributed by atoms with Gasteiger partial charge in [-0.15, -0.1) is 0 Å². The topological polar surface area (TPSA) is 92.9 Å². The molecule has 0 bridgehead atoms. The highest BCUT2D eigenvalue weighted by Crippen LogP contribution is 2.34. The molecule has 120 valence electrons. The SMILES string of the molecule is Cc1nc(N)nc2c1C=C(c1ncc[nH]1)CN2[C@H]1CCCOC1. The van der Waals surface area contributed by atoms with E-state index in [1.807, 2.05) is 13.1 Å². The van der Waals surface area contributed by atoms with E-state index in [9.17, 15) is 0 Å². The van der Waals surface area contributed by atoms with Crippen molar-refractivity contribution in [3.63, 3.8) is 0 Å². The second-order valence-corrected chi connectivity index (χ2v) is 6.01. The summed E-state index contributed by atoms with van der Waals surface area (Å²) in [5.74, 6) is 2.10. The molecule has 0 unspecified atom stereocenters. The number of imidazole rings is 1. The molecule has 2 aliphatic rings. The highest BCUT2D eigenvalue weighted by atomic mass is 16.5. The van der Waals surface area contributed by atoms with Gasteiger partial charge in [0.15, 0.2) is 0 Å². The molecule has 0 saturated carbocycles. The second kappa shape index (κ2) is 5.66. The van der Waals surface area contributed by atoms with Crippen LogP contribution in [0.1, 0.15) is 29.9 Å². The molecule has 2 aromatic rings. The molecule has 0 spiro atoms. The van der Waals surface area contributed by atoms with E-state index in [0.29, 0.717) is 18.6 Å². The number of hydrogen-bond acceptors (Lipinski definition) is 6. The minimum absolute atomic E-state index is 0.301. The van der Waals surface area contributed by atoms with Crippen LogP contribution in [0, 0.1) is 6.92 Å². The number of nitrogens with zero attached hydrogens (tertiary/aromatic N) is 4. The van der Waals surface area contributed by atoms with E-state index in [4.69, 9.17) is 10.5 Å². The smallest absolute Gasteiger partial charge is 0.222 e. The van der Waals surface area contributed by atoms with Crippen LogP contribution < -0.4 is 10.6 Å². The second-order valence-electron chi connectivity index (χ2n) is 6.01. The molecule has 2 aliphatic heterocycles. The van der Waals surface area contributed by atoms with Crippen LogP contribution in [0.2, 0.25) is 0 Å². The number of nitrogens with one attached hydrogen (secondary N) is 1. The van der Waals surface area contributed by atoms with Crippen molar-refractivity contribution in [2.24, 2.45) is 0 Å². The Kier molecular flexibility index (Phi) is 3.49. The Morgan fingerprint density at radius 1 is 1.39 bits per heavy atom. The van der Waals surface area contributed by atoms with Crippen LogP contribution in [-0.2, 0) is 4.74 Å². The van der Waals surface area contributed by atoms with E-state index in [2.05, 4.69) is 30.9 Å². The molecular weight excluding hydrogens is 292 g/mol. The summed E-state index contributed by atoms with van der Waals surface area (Å²) in [4.78, 5) is 18.7. The van der Waals surface area contributed by atoms with Gasteiger partial charge in [0.1, 0.15) is 11.6 Å². The van der Waals surface area contributed by atoms with Gasteiger partial charge >= 0.3 is 0 Å². The molecule has 0 amide bonds. The summed E-state index contributed by atoms with van der Waals surface area (Å²) < 4.78 is 5.68. The number of fused-ring (bicyclic) bond motifs is 1. The maximum absolute atomic E-state index is 5.88. The largest absolute Gasteiger partial charge is 0.379 e. The van der Waals surface area contributed by atoms with Crippen molar-refractivity contribution >= 4 is 23.4 Å². The number of nitrogens with two attached hydrogens (primary N) is 1. The summed E-state index contributed by atoms with van der Waals surface area (Å²) in [5, 5.41) is 0. The number of aryl methyl sites for hydroxylation is 1. The van der Waals surface area contributed by atoms with Gasteiger partial charge in [-0.2, -0.15) is 4.98 Å². The number of nitrogen functional groups attached to an aromatic ring is 1. The van der Waals surface area contributed by atoms with E-state index in [-0.39, 0.29) is 0 Å². The van der Waals surface area contributed by atoms with Gasteiger partial charge in [-0.25, -0.2) is 9.97 Å². The van der Waals surface area contributed by atoms with Crippen molar-refractivity contribution in [3.05, 3.63) is 29.5 Å². The fourth-order valence-electron chi connectivity index (χ4n) is 3.31. The third-order valence-corrected chi connectivity index (χ3v) is 4.44. The molecule has 0 aliphatic carbocycles. The number of hydrogen-bond donors (Lipinski definition) is 2. The lowest BCUT2D eigenvalue weighted by Crippen LogP contribution is -2.44. The maximum Gasteiger partial charge on any atom is 0.222 e. The van der Waals surface area contributed by atoms with E-state index in [1.54, 1.807) is 6.20 Å². The summed E-state index contributed by atoms with van der Waals surface area (Å²) >= 11 is 0. The van der Waals surface area contributed by atoms with E-state index in [1.165, 1.54) is 0 Å². The zero-order valence-corrected chi connectivity index (χ0v) is 13.1. The predicted molar refractivity (Wildman–Crippen MR) is 88.8 cm³/mol.